The number of halogens is 1. The molecule has 3 nitrogen and oxygen atoms in total. The highest BCUT2D eigenvalue weighted by Gasteiger charge is 2.07. The fourth-order valence-corrected chi connectivity index (χ4v) is 1.99. The summed E-state index contributed by atoms with van der Waals surface area (Å²) in [5.41, 5.74) is 2.21. The van der Waals surface area contributed by atoms with Gasteiger partial charge < -0.3 is 4.90 Å². The number of amides is 1. The van der Waals surface area contributed by atoms with Gasteiger partial charge in [0.1, 0.15) is 5.82 Å². The van der Waals surface area contributed by atoms with Gasteiger partial charge in [0.2, 0.25) is 5.91 Å². The molecular formula is C19H18FNO2. The van der Waals surface area contributed by atoms with Crippen molar-refractivity contribution in [3.8, 4) is 0 Å². The van der Waals surface area contributed by atoms with Crippen LogP contribution >= 0.6 is 0 Å². The monoisotopic (exact) mass is 311 g/mol. The van der Waals surface area contributed by atoms with Crippen molar-refractivity contribution in [2.45, 2.75) is 6.42 Å². The van der Waals surface area contributed by atoms with Gasteiger partial charge in [-0.1, -0.05) is 36.4 Å². The molecule has 0 aliphatic rings. The molecule has 0 heterocycles. The van der Waals surface area contributed by atoms with E-state index in [-0.39, 0.29) is 23.9 Å². The fraction of sp³-hybridized carbons (Fsp3) is 0.158. The summed E-state index contributed by atoms with van der Waals surface area (Å²) in [4.78, 5) is 25.2. The van der Waals surface area contributed by atoms with Crippen molar-refractivity contribution < 1.29 is 14.0 Å². The Balaban J connectivity index is 2.02. The number of benzene rings is 2. The number of carbonyl (C=O) groups excluding carboxylic acids is 2. The quantitative estimate of drug-likeness (QED) is 0.627. The lowest BCUT2D eigenvalue weighted by atomic mass is 10.0. The van der Waals surface area contributed by atoms with E-state index in [1.165, 1.54) is 23.1 Å². The van der Waals surface area contributed by atoms with Gasteiger partial charge in [0.15, 0.2) is 5.78 Å². The molecule has 2 aromatic rings. The minimum Gasteiger partial charge on any atom is -0.345 e. The van der Waals surface area contributed by atoms with E-state index in [1.54, 1.807) is 56.6 Å². The molecule has 0 saturated carbocycles. The number of nitrogens with zero attached hydrogens (tertiary/aromatic N) is 1. The second-order valence-corrected chi connectivity index (χ2v) is 5.41. The van der Waals surface area contributed by atoms with E-state index >= 15 is 0 Å². The first kappa shape index (κ1) is 16.6. The van der Waals surface area contributed by atoms with E-state index in [0.717, 1.165) is 11.1 Å². The first-order valence-electron chi connectivity index (χ1n) is 7.23. The van der Waals surface area contributed by atoms with Crippen molar-refractivity contribution in [1.29, 1.82) is 0 Å². The van der Waals surface area contributed by atoms with E-state index in [9.17, 15) is 14.0 Å². The fourth-order valence-electron chi connectivity index (χ4n) is 1.99. The lowest BCUT2D eigenvalue weighted by molar-refractivity contribution is -0.123. The Morgan fingerprint density at radius 3 is 2.17 bits per heavy atom. The molecule has 0 fully saturated rings. The van der Waals surface area contributed by atoms with Crippen LogP contribution in [0.15, 0.2) is 54.6 Å². The lowest BCUT2D eigenvalue weighted by Crippen LogP contribution is -2.18. The van der Waals surface area contributed by atoms with Crippen LogP contribution in [0.5, 0.6) is 0 Å². The van der Waals surface area contributed by atoms with Gasteiger partial charge >= 0.3 is 0 Å². The van der Waals surface area contributed by atoms with Gasteiger partial charge in [-0.3, -0.25) is 9.59 Å². The molecule has 23 heavy (non-hydrogen) atoms. The maximum absolute atomic E-state index is 12.9. The Kier molecular flexibility index (Phi) is 5.41. The first-order valence-corrected chi connectivity index (χ1v) is 7.23. The highest BCUT2D eigenvalue weighted by molar-refractivity contribution is 5.97. The number of carbonyl (C=O) groups is 2. The van der Waals surface area contributed by atoms with E-state index in [4.69, 9.17) is 0 Å². The second kappa shape index (κ2) is 7.49. The highest BCUT2D eigenvalue weighted by Crippen LogP contribution is 2.11. The minimum atomic E-state index is -0.315. The zero-order valence-corrected chi connectivity index (χ0v) is 13.1. The van der Waals surface area contributed by atoms with Crippen LogP contribution in [0, 0.1) is 5.82 Å². The third-order valence-corrected chi connectivity index (χ3v) is 3.37. The van der Waals surface area contributed by atoms with Crippen LogP contribution in [0.1, 0.15) is 21.5 Å². The van der Waals surface area contributed by atoms with Crippen LogP contribution in [0.25, 0.3) is 6.08 Å². The third-order valence-electron chi connectivity index (χ3n) is 3.37. The zero-order valence-electron chi connectivity index (χ0n) is 13.1. The molecule has 1 amide bonds. The van der Waals surface area contributed by atoms with Crippen LogP contribution in [-0.4, -0.2) is 30.7 Å². The van der Waals surface area contributed by atoms with Crippen LogP contribution in [-0.2, 0) is 11.2 Å². The Hall–Kier alpha value is -2.75. The summed E-state index contributed by atoms with van der Waals surface area (Å²) in [6, 6.07) is 12.9. The molecular weight excluding hydrogens is 293 g/mol. The van der Waals surface area contributed by atoms with Gasteiger partial charge in [-0.15, -0.1) is 0 Å². The molecule has 0 spiro atoms. The van der Waals surface area contributed by atoms with E-state index in [2.05, 4.69) is 0 Å². The number of hydrogen-bond acceptors (Lipinski definition) is 2. The average Bonchev–Trinajstić information content (AvgIpc) is 2.55. The molecule has 0 N–H and O–H groups in total. The molecule has 0 unspecified atom stereocenters. The van der Waals surface area contributed by atoms with Gasteiger partial charge in [0, 0.05) is 32.2 Å². The van der Waals surface area contributed by atoms with Gasteiger partial charge in [0.25, 0.3) is 0 Å². The maximum Gasteiger partial charge on any atom is 0.246 e. The molecule has 0 bridgehead atoms. The summed E-state index contributed by atoms with van der Waals surface area (Å²) in [7, 11) is 3.37. The van der Waals surface area contributed by atoms with E-state index < -0.39 is 0 Å². The van der Waals surface area contributed by atoms with Gasteiger partial charge in [-0.25, -0.2) is 4.39 Å². The summed E-state index contributed by atoms with van der Waals surface area (Å²) in [6.45, 7) is 0. The summed E-state index contributed by atoms with van der Waals surface area (Å²) in [5, 5.41) is 0. The molecule has 2 aromatic carbocycles. The van der Waals surface area contributed by atoms with Gasteiger partial charge in [-0.05, 0) is 29.3 Å². The van der Waals surface area contributed by atoms with Crippen molar-refractivity contribution >= 4 is 17.8 Å². The molecule has 2 rings (SSSR count). The van der Waals surface area contributed by atoms with Crippen LogP contribution < -0.4 is 0 Å². The summed E-state index contributed by atoms with van der Waals surface area (Å²) in [6.07, 6.45) is 3.42. The van der Waals surface area contributed by atoms with Crippen molar-refractivity contribution in [2.24, 2.45) is 0 Å². The van der Waals surface area contributed by atoms with Crippen molar-refractivity contribution in [3.05, 3.63) is 77.1 Å². The summed E-state index contributed by atoms with van der Waals surface area (Å²) in [5.74, 6) is -0.442. The molecule has 0 aliphatic heterocycles. The summed E-state index contributed by atoms with van der Waals surface area (Å²) >= 11 is 0. The van der Waals surface area contributed by atoms with Crippen LogP contribution in [0.3, 0.4) is 0 Å². The van der Waals surface area contributed by atoms with E-state index in [0.29, 0.717) is 5.56 Å². The average molecular weight is 311 g/mol. The maximum atomic E-state index is 12.9. The van der Waals surface area contributed by atoms with Crippen molar-refractivity contribution in [3.63, 3.8) is 0 Å². The molecule has 0 radical (unpaired) electrons. The Bertz CT molecular complexity index is 716. The third kappa shape index (κ3) is 4.88. The molecule has 4 heteroatoms. The molecule has 0 aliphatic carbocycles. The topological polar surface area (TPSA) is 37.4 Å². The number of rotatable bonds is 5. The molecule has 0 aromatic heterocycles. The van der Waals surface area contributed by atoms with Crippen molar-refractivity contribution in [2.75, 3.05) is 14.1 Å². The Labute approximate surface area is 135 Å². The number of ketones is 1. The first-order chi connectivity index (χ1) is 11.0. The lowest BCUT2D eigenvalue weighted by Gasteiger charge is -2.05. The smallest absolute Gasteiger partial charge is 0.246 e. The zero-order chi connectivity index (χ0) is 16.8. The number of hydrogen-bond donors (Lipinski definition) is 0. The molecule has 0 atom stereocenters. The van der Waals surface area contributed by atoms with Crippen molar-refractivity contribution in [1.82, 2.24) is 4.90 Å². The normalized spacial score (nSPS) is 10.7. The van der Waals surface area contributed by atoms with Crippen LogP contribution in [0.4, 0.5) is 4.39 Å². The number of Topliss-reactive ketones (excluding diaryl/α,β-unsaturated/α-hetero) is 1. The summed E-state index contributed by atoms with van der Waals surface area (Å²) < 4.78 is 12.9. The minimum absolute atomic E-state index is 0.0310. The predicted molar refractivity (Wildman–Crippen MR) is 88.6 cm³/mol. The largest absolute Gasteiger partial charge is 0.345 e. The standard InChI is InChI=1S/C19H18FNO2/c1-21(2)19(23)12-7-14-3-8-16(9-4-14)18(22)13-15-5-10-17(20)11-6-15/h3-12H,13H2,1-2H3/b12-7+. The molecule has 0 saturated heterocycles. The SMILES string of the molecule is CN(C)C(=O)/C=C/c1ccc(C(=O)Cc2ccc(F)cc2)cc1. The van der Waals surface area contributed by atoms with Gasteiger partial charge in [-0.2, -0.15) is 0 Å². The Morgan fingerprint density at radius 1 is 1.00 bits per heavy atom. The Morgan fingerprint density at radius 2 is 1.61 bits per heavy atom. The molecule has 118 valence electrons. The predicted octanol–water partition coefficient (Wildman–Crippen LogP) is 3.35. The van der Waals surface area contributed by atoms with Crippen LogP contribution in [0.2, 0.25) is 0 Å². The number of likely N-dealkylation sites (N-methyl/N-ethyl adjacent to an activating group) is 1. The highest BCUT2D eigenvalue weighted by atomic mass is 19.1. The van der Waals surface area contributed by atoms with E-state index in [1.807, 2.05) is 0 Å². The van der Waals surface area contributed by atoms with Gasteiger partial charge in [0.05, 0.1) is 0 Å². The second-order valence-electron chi connectivity index (χ2n) is 5.41.